The Kier molecular flexibility index (Phi) is 1.86. The van der Waals surface area contributed by atoms with E-state index in [0.29, 0.717) is 13.2 Å². The second kappa shape index (κ2) is 3.43. The maximum absolute atomic E-state index is 12.7. The quantitative estimate of drug-likeness (QED) is 0.625. The maximum atomic E-state index is 12.7. The zero-order chi connectivity index (χ0) is 15.6. The third-order valence-corrected chi connectivity index (χ3v) is 7.05. The topological polar surface area (TPSA) is 82.9 Å². The third kappa shape index (κ3) is 0.969. The van der Waals surface area contributed by atoms with Crippen molar-refractivity contribution >= 4 is 12.4 Å². The Morgan fingerprint density at radius 2 is 1.48 bits per heavy atom. The average molecular weight is 315 g/mol. The van der Waals surface area contributed by atoms with Crippen LogP contribution in [0.2, 0.25) is 0 Å². The summed E-state index contributed by atoms with van der Waals surface area (Å²) in [5, 5.41) is 0. The summed E-state index contributed by atoms with van der Waals surface area (Å²) in [6, 6.07) is -0.105. The normalized spacial score (nSPS) is 47.7. The molecule has 0 bridgehead atoms. The first-order chi connectivity index (χ1) is 11.1. The minimum Gasteiger partial charge on any atom is -0.380 e. The summed E-state index contributed by atoms with van der Waals surface area (Å²) in [5.41, 5.74) is -1.03. The van der Waals surface area contributed by atoms with Gasteiger partial charge in [0.2, 0.25) is 0 Å². The predicted octanol–water partition coefficient (Wildman–Crippen LogP) is -0.853. The molecule has 5 aliphatic rings. The molecule has 8 nitrogen and oxygen atoms in total. The third-order valence-electron chi connectivity index (χ3n) is 7.05. The van der Waals surface area contributed by atoms with Gasteiger partial charge in [0.15, 0.2) is 0 Å². The van der Waals surface area contributed by atoms with Crippen LogP contribution in [0.25, 0.3) is 0 Å². The van der Waals surface area contributed by atoms with Crippen LogP contribution < -0.4 is 11.4 Å². The minimum atomic E-state index is -0.274. The Hall–Kier alpha value is -1.96. The molecule has 0 amide bonds. The van der Waals surface area contributed by atoms with Crippen LogP contribution in [0.3, 0.4) is 0 Å². The Morgan fingerprint density at radius 3 is 1.96 bits per heavy atom. The molecule has 1 aliphatic carbocycles. The standard InChI is InChI=1S/C15H17N5O3/c1-18-12(21)19-10-4-16-8-2-3-9-15(7-23-6-14(8,10)15)11(5-17-9)20(19)13(18)22/h4-5,8-11H,2-3,6-7H2,1H3/t8-,9?,10-,11?,14?,15?/m1/s1. The van der Waals surface area contributed by atoms with Gasteiger partial charge in [-0.1, -0.05) is 0 Å². The molecule has 8 heteroatoms. The molecule has 2 fully saturated rings. The first kappa shape index (κ1) is 12.5. The lowest BCUT2D eigenvalue weighted by molar-refractivity contribution is -0.0658. The van der Waals surface area contributed by atoms with E-state index >= 15 is 0 Å². The summed E-state index contributed by atoms with van der Waals surface area (Å²) in [4.78, 5) is 34.9. The monoisotopic (exact) mass is 315 g/mol. The highest BCUT2D eigenvalue weighted by Gasteiger charge is 2.77. The van der Waals surface area contributed by atoms with E-state index in [2.05, 4.69) is 0 Å². The summed E-state index contributed by atoms with van der Waals surface area (Å²) in [6.45, 7) is 1.18. The minimum absolute atomic E-state index is 0.159. The molecule has 4 aliphatic heterocycles. The SMILES string of the molecule is Cn1c(=O)n2n(c1=O)[C@@H]1C=N[C@@H]3CCC4N=CC2C42COCC312. The molecule has 6 rings (SSSR count). The summed E-state index contributed by atoms with van der Waals surface area (Å²) in [7, 11) is 1.54. The number of hydrogen-bond donors (Lipinski definition) is 0. The van der Waals surface area contributed by atoms with Gasteiger partial charge >= 0.3 is 11.4 Å². The van der Waals surface area contributed by atoms with E-state index in [4.69, 9.17) is 14.7 Å². The van der Waals surface area contributed by atoms with Crippen LogP contribution >= 0.6 is 0 Å². The Morgan fingerprint density at radius 1 is 1.00 bits per heavy atom. The van der Waals surface area contributed by atoms with E-state index in [0.717, 1.165) is 12.8 Å². The van der Waals surface area contributed by atoms with Crippen molar-refractivity contribution in [3.63, 3.8) is 0 Å². The number of rotatable bonds is 0. The van der Waals surface area contributed by atoms with Gasteiger partial charge in [-0.25, -0.2) is 23.5 Å². The molecule has 1 saturated carbocycles. The van der Waals surface area contributed by atoms with E-state index in [1.54, 1.807) is 16.4 Å². The van der Waals surface area contributed by atoms with Crippen LogP contribution in [0.1, 0.15) is 24.9 Å². The molecule has 120 valence electrons. The van der Waals surface area contributed by atoms with Crippen molar-refractivity contribution in [3.05, 3.63) is 21.0 Å². The molecule has 0 N–H and O–H groups in total. The van der Waals surface area contributed by atoms with Crippen molar-refractivity contribution in [1.29, 1.82) is 0 Å². The largest absolute Gasteiger partial charge is 0.380 e. The number of nitrogens with zero attached hydrogens (tertiary/aromatic N) is 5. The summed E-state index contributed by atoms with van der Waals surface area (Å²) < 4.78 is 10.4. The van der Waals surface area contributed by atoms with E-state index in [-0.39, 0.29) is 46.4 Å². The van der Waals surface area contributed by atoms with Crippen LogP contribution in [-0.4, -0.2) is 51.7 Å². The van der Waals surface area contributed by atoms with Crippen LogP contribution in [0.15, 0.2) is 19.6 Å². The second-order valence-corrected chi connectivity index (χ2v) is 7.48. The van der Waals surface area contributed by atoms with Crippen molar-refractivity contribution in [2.24, 2.45) is 27.9 Å². The van der Waals surface area contributed by atoms with Gasteiger partial charge in [0.1, 0.15) is 12.1 Å². The fourth-order valence-corrected chi connectivity index (χ4v) is 6.11. The Labute approximate surface area is 131 Å². The molecule has 6 atom stereocenters. The van der Waals surface area contributed by atoms with Crippen molar-refractivity contribution in [2.75, 3.05) is 13.2 Å². The molecule has 4 unspecified atom stereocenters. The highest BCUT2D eigenvalue weighted by atomic mass is 16.5. The first-order valence-corrected chi connectivity index (χ1v) is 8.17. The Balaban J connectivity index is 1.79. The fourth-order valence-electron chi connectivity index (χ4n) is 6.11. The van der Waals surface area contributed by atoms with Gasteiger partial charge in [0.05, 0.1) is 36.1 Å². The molecule has 23 heavy (non-hydrogen) atoms. The maximum Gasteiger partial charge on any atom is 0.347 e. The summed E-state index contributed by atoms with van der Waals surface area (Å²) >= 11 is 0. The molecule has 1 aromatic rings. The van der Waals surface area contributed by atoms with E-state index < -0.39 is 0 Å². The molecule has 0 radical (unpaired) electrons. The highest BCUT2D eigenvalue weighted by Crippen LogP contribution is 2.69. The summed E-state index contributed by atoms with van der Waals surface area (Å²) in [6.07, 6.45) is 5.71. The van der Waals surface area contributed by atoms with Crippen LogP contribution in [0, 0.1) is 10.8 Å². The van der Waals surface area contributed by atoms with Crippen LogP contribution in [0.5, 0.6) is 0 Å². The summed E-state index contributed by atoms with van der Waals surface area (Å²) in [5.74, 6) is 0. The number of aromatic nitrogens is 3. The van der Waals surface area contributed by atoms with Crippen molar-refractivity contribution in [1.82, 2.24) is 13.9 Å². The smallest absolute Gasteiger partial charge is 0.347 e. The molecule has 1 saturated heterocycles. The zero-order valence-corrected chi connectivity index (χ0v) is 12.8. The van der Waals surface area contributed by atoms with Gasteiger partial charge < -0.3 is 4.74 Å². The number of fused-ring (bicyclic) bond motifs is 3. The molecular weight excluding hydrogens is 298 g/mol. The lowest BCUT2D eigenvalue weighted by atomic mass is 9.49. The van der Waals surface area contributed by atoms with Gasteiger partial charge in [-0.15, -0.1) is 0 Å². The molecule has 1 aromatic heterocycles. The van der Waals surface area contributed by atoms with Crippen molar-refractivity contribution in [2.45, 2.75) is 37.0 Å². The van der Waals surface area contributed by atoms with Crippen LogP contribution in [-0.2, 0) is 11.8 Å². The number of aliphatic imine (C=N–C) groups is 2. The van der Waals surface area contributed by atoms with E-state index in [1.165, 1.54) is 4.57 Å². The first-order valence-electron chi connectivity index (χ1n) is 8.17. The lowest BCUT2D eigenvalue weighted by Gasteiger charge is -2.56. The predicted molar refractivity (Wildman–Crippen MR) is 81.5 cm³/mol. The lowest BCUT2D eigenvalue weighted by Crippen LogP contribution is -2.66. The van der Waals surface area contributed by atoms with Gasteiger partial charge in [0.25, 0.3) is 0 Å². The van der Waals surface area contributed by atoms with Crippen LogP contribution in [0.4, 0.5) is 0 Å². The van der Waals surface area contributed by atoms with E-state index in [1.807, 2.05) is 12.4 Å². The highest BCUT2D eigenvalue weighted by molar-refractivity contribution is 5.75. The molecule has 0 aromatic carbocycles. The van der Waals surface area contributed by atoms with Gasteiger partial charge in [-0.05, 0) is 12.8 Å². The Bertz CT molecular complexity index is 851. The fraction of sp³-hybridized carbons (Fsp3) is 0.733. The molecule has 2 spiro atoms. The number of ether oxygens (including phenoxy) is 1. The van der Waals surface area contributed by atoms with Crippen molar-refractivity contribution < 1.29 is 4.74 Å². The molecule has 5 heterocycles. The van der Waals surface area contributed by atoms with Gasteiger partial charge in [-0.2, -0.15) is 0 Å². The van der Waals surface area contributed by atoms with Gasteiger partial charge in [0, 0.05) is 19.5 Å². The second-order valence-electron chi connectivity index (χ2n) is 7.48. The number of hydrogen-bond acceptors (Lipinski definition) is 5. The van der Waals surface area contributed by atoms with Crippen molar-refractivity contribution in [3.8, 4) is 0 Å². The van der Waals surface area contributed by atoms with E-state index in [9.17, 15) is 9.59 Å². The molecular formula is C15H17N5O3. The zero-order valence-electron chi connectivity index (χ0n) is 12.8. The van der Waals surface area contributed by atoms with Gasteiger partial charge in [-0.3, -0.25) is 9.98 Å². The average Bonchev–Trinajstić information content (AvgIpc) is 3.25.